The summed E-state index contributed by atoms with van der Waals surface area (Å²) in [7, 11) is 0. The summed E-state index contributed by atoms with van der Waals surface area (Å²) in [6.45, 7) is 5.68. The maximum Gasteiger partial charge on any atom is 0.242 e. The van der Waals surface area contributed by atoms with Crippen LogP contribution in [0.2, 0.25) is 0 Å². The second-order valence-electron chi connectivity index (χ2n) is 3.38. The van der Waals surface area contributed by atoms with Gasteiger partial charge in [-0.25, -0.2) is 0 Å². The number of carbonyl (C=O) groups is 1. The van der Waals surface area contributed by atoms with E-state index in [0.717, 1.165) is 5.01 Å². The first-order valence-corrected chi connectivity index (χ1v) is 5.22. The summed E-state index contributed by atoms with van der Waals surface area (Å²) in [6.07, 6.45) is 0. The first-order valence-electron chi connectivity index (χ1n) is 4.40. The molecule has 5 nitrogen and oxygen atoms in total. The minimum Gasteiger partial charge on any atom is -0.320 e. The van der Waals surface area contributed by atoms with E-state index in [2.05, 4.69) is 15.5 Å². The van der Waals surface area contributed by atoms with Crippen LogP contribution in [0.5, 0.6) is 0 Å². The summed E-state index contributed by atoms with van der Waals surface area (Å²) < 4.78 is 0. The van der Waals surface area contributed by atoms with Gasteiger partial charge in [0, 0.05) is 5.92 Å². The fourth-order valence-corrected chi connectivity index (χ4v) is 1.49. The molecule has 0 bridgehead atoms. The minimum absolute atomic E-state index is 0. The number of carbonyl (C=O) groups excluding carboxylic acids is 1. The highest BCUT2D eigenvalue weighted by Crippen LogP contribution is 2.22. The lowest BCUT2D eigenvalue weighted by Crippen LogP contribution is -2.32. The van der Waals surface area contributed by atoms with Crippen molar-refractivity contribution in [3.8, 4) is 0 Å². The number of hydrogen-bond donors (Lipinski definition) is 2. The number of hydrogen-bond acceptors (Lipinski definition) is 5. The molecular formula is C8H15ClN4OS. The Balaban J connectivity index is 0.00000196. The zero-order valence-electron chi connectivity index (χ0n) is 8.85. The minimum atomic E-state index is -0.526. The average Bonchev–Trinajstić information content (AvgIpc) is 2.52. The lowest BCUT2D eigenvalue weighted by Gasteiger charge is -2.02. The van der Waals surface area contributed by atoms with Gasteiger partial charge >= 0.3 is 0 Å². The number of nitrogens with zero attached hydrogens (tertiary/aromatic N) is 2. The molecule has 0 aliphatic rings. The Morgan fingerprint density at radius 2 is 2.00 bits per heavy atom. The Labute approximate surface area is 98.9 Å². The number of halogens is 1. The molecule has 15 heavy (non-hydrogen) atoms. The molecule has 1 amide bonds. The van der Waals surface area contributed by atoms with E-state index in [1.165, 1.54) is 11.3 Å². The van der Waals surface area contributed by atoms with Gasteiger partial charge in [-0.2, -0.15) is 0 Å². The van der Waals surface area contributed by atoms with Crippen LogP contribution in [0.4, 0.5) is 5.13 Å². The van der Waals surface area contributed by atoms with Crippen LogP contribution < -0.4 is 11.1 Å². The Morgan fingerprint density at radius 1 is 1.40 bits per heavy atom. The van der Waals surface area contributed by atoms with Gasteiger partial charge in [-0.05, 0) is 6.92 Å². The van der Waals surface area contributed by atoms with Crippen molar-refractivity contribution < 1.29 is 4.79 Å². The average molecular weight is 251 g/mol. The summed E-state index contributed by atoms with van der Waals surface area (Å²) in [5.74, 6) is 0.0879. The summed E-state index contributed by atoms with van der Waals surface area (Å²) in [6, 6.07) is -0.526. The Hall–Kier alpha value is -0.720. The number of rotatable bonds is 3. The molecule has 1 rings (SSSR count). The Kier molecular flexibility index (Phi) is 5.71. The molecule has 0 fully saturated rings. The fraction of sp³-hybridized carbons (Fsp3) is 0.625. The zero-order valence-corrected chi connectivity index (χ0v) is 10.5. The predicted molar refractivity (Wildman–Crippen MR) is 63.5 cm³/mol. The monoisotopic (exact) mass is 250 g/mol. The summed E-state index contributed by atoms with van der Waals surface area (Å²) in [4.78, 5) is 11.2. The number of nitrogens with two attached hydrogens (primary N) is 1. The van der Waals surface area contributed by atoms with E-state index in [0.29, 0.717) is 11.0 Å². The molecule has 0 aromatic carbocycles. The predicted octanol–water partition coefficient (Wildman–Crippen LogP) is 1.37. The van der Waals surface area contributed by atoms with Crippen LogP contribution in [0.25, 0.3) is 0 Å². The van der Waals surface area contributed by atoms with Crippen molar-refractivity contribution in [2.45, 2.75) is 32.7 Å². The highest BCUT2D eigenvalue weighted by molar-refractivity contribution is 7.15. The molecule has 0 saturated carbocycles. The second-order valence-corrected chi connectivity index (χ2v) is 4.39. The van der Waals surface area contributed by atoms with Crippen LogP contribution >= 0.6 is 23.7 Å². The normalized spacial score (nSPS) is 12.1. The van der Waals surface area contributed by atoms with Crippen molar-refractivity contribution in [1.82, 2.24) is 10.2 Å². The third-order valence-electron chi connectivity index (χ3n) is 1.58. The van der Waals surface area contributed by atoms with Crippen molar-refractivity contribution in [2.24, 2.45) is 5.73 Å². The SMILES string of the molecule is CC(C)c1nnc(NC(=O)[C@@H](C)N)s1.Cl. The zero-order chi connectivity index (χ0) is 10.7. The molecular weight excluding hydrogens is 236 g/mol. The molecule has 1 aromatic rings. The summed E-state index contributed by atoms with van der Waals surface area (Å²) in [5.41, 5.74) is 5.39. The van der Waals surface area contributed by atoms with Crippen molar-refractivity contribution >= 4 is 34.8 Å². The fourth-order valence-electron chi connectivity index (χ4n) is 0.738. The molecule has 0 aliphatic heterocycles. The summed E-state index contributed by atoms with van der Waals surface area (Å²) in [5, 5.41) is 11.8. The highest BCUT2D eigenvalue weighted by atomic mass is 35.5. The highest BCUT2D eigenvalue weighted by Gasteiger charge is 2.12. The van der Waals surface area contributed by atoms with Gasteiger partial charge in [-0.1, -0.05) is 25.2 Å². The molecule has 3 N–H and O–H groups in total. The molecule has 0 unspecified atom stereocenters. The topological polar surface area (TPSA) is 80.9 Å². The lowest BCUT2D eigenvalue weighted by molar-refractivity contribution is -0.117. The van der Waals surface area contributed by atoms with Gasteiger partial charge in [-0.15, -0.1) is 22.6 Å². The van der Waals surface area contributed by atoms with Crippen molar-refractivity contribution in [2.75, 3.05) is 5.32 Å². The van der Waals surface area contributed by atoms with Crippen LogP contribution in [0.15, 0.2) is 0 Å². The smallest absolute Gasteiger partial charge is 0.242 e. The van der Waals surface area contributed by atoms with Gasteiger partial charge in [0.15, 0.2) is 0 Å². The van der Waals surface area contributed by atoms with Gasteiger partial charge in [-0.3, -0.25) is 10.1 Å². The van der Waals surface area contributed by atoms with Crippen LogP contribution in [-0.4, -0.2) is 22.1 Å². The van der Waals surface area contributed by atoms with Gasteiger partial charge in [0.1, 0.15) is 5.01 Å². The van der Waals surface area contributed by atoms with Crippen molar-refractivity contribution in [3.63, 3.8) is 0 Å². The molecule has 1 aromatic heterocycles. The first-order chi connectivity index (χ1) is 6.50. The standard InChI is InChI=1S/C8H14N4OS.ClH/c1-4(2)7-11-12-8(14-7)10-6(13)5(3)9;/h4-5H,9H2,1-3H3,(H,10,12,13);1H/t5-;/m1./s1. The second kappa shape index (κ2) is 5.99. The summed E-state index contributed by atoms with van der Waals surface area (Å²) >= 11 is 1.38. The molecule has 86 valence electrons. The third-order valence-corrected chi connectivity index (χ3v) is 2.72. The Morgan fingerprint density at radius 3 is 2.40 bits per heavy atom. The molecule has 1 atom stereocenters. The lowest BCUT2D eigenvalue weighted by atomic mass is 10.2. The van der Waals surface area contributed by atoms with Gasteiger partial charge in [0.05, 0.1) is 6.04 Å². The maximum absolute atomic E-state index is 11.2. The first kappa shape index (κ1) is 14.3. The maximum atomic E-state index is 11.2. The van der Waals surface area contributed by atoms with E-state index in [9.17, 15) is 4.79 Å². The molecule has 0 aliphatic carbocycles. The van der Waals surface area contributed by atoms with E-state index in [1.807, 2.05) is 13.8 Å². The molecule has 0 spiro atoms. The van der Waals surface area contributed by atoms with Crippen LogP contribution in [0.3, 0.4) is 0 Å². The van der Waals surface area contributed by atoms with Crippen molar-refractivity contribution in [1.29, 1.82) is 0 Å². The molecule has 7 heteroatoms. The van der Waals surface area contributed by atoms with Crippen LogP contribution in [0.1, 0.15) is 31.7 Å². The van der Waals surface area contributed by atoms with E-state index in [-0.39, 0.29) is 18.3 Å². The van der Waals surface area contributed by atoms with Crippen LogP contribution in [0, 0.1) is 0 Å². The molecule has 1 heterocycles. The number of aromatic nitrogens is 2. The molecule has 0 radical (unpaired) electrons. The van der Waals surface area contributed by atoms with Crippen molar-refractivity contribution in [3.05, 3.63) is 5.01 Å². The Bertz CT molecular complexity index is 326. The van der Waals surface area contributed by atoms with Gasteiger partial charge in [0.2, 0.25) is 11.0 Å². The van der Waals surface area contributed by atoms with E-state index in [4.69, 9.17) is 5.73 Å². The van der Waals surface area contributed by atoms with E-state index in [1.54, 1.807) is 6.92 Å². The molecule has 0 saturated heterocycles. The van der Waals surface area contributed by atoms with Gasteiger partial charge in [0.25, 0.3) is 0 Å². The van der Waals surface area contributed by atoms with Gasteiger partial charge < -0.3 is 5.73 Å². The van der Waals surface area contributed by atoms with E-state index < -0.39 is 6.04 Å². The van der Waals surface area contributed by atoms with E-state index >= 15 is 0 Å². The number of nitrogens with one attached hydrogen (secondary N) is 1. The largest absolute Gasteiger partial charge is 0.320 e. The third kappa shape index (κ3) is 4.11. The number of anilines is 1. The van der Waals surface area contributed by atoms with Crippen LogP contribution in [-0.2, 0) is 4.79 Å². The number of amides is 1. The quantitative estimate of drug-likeness (QED) is 0.849.